The molecule has 1 fully saturated rings. The standard InChI is InChI=1S/C18H19NO6S3/c20-26(21)11-9-17(13-26)27(22,23)15-5-3-6-16(12-15)28(24,25)19-10-8-14-4-1-2-7-18(14)19/h1-7,12,17H,8-11,13H2/t17-/m1/s1. The van der Waals surface area contributed by atoms with Crippen molar-refractivity contribution >= 4 is 35.4 Å². The normalized spacial score (nSPS) is 21.6. The number of sulfonamides is 1. The van der Waals surface area contributed by atoms with Gasteiger partial charge >= 0.3 is 0 Å². The second kappa shape index (κ2) is 6.57. The lowest BCUT2D eigenvalue weighted by Crippen LogP contribution is -2.29. The molecular formula is C18H19NO6S3. The first-order valence-corrected chi connectivity index (χ1v) is 13.6. The van der Waals surface area contributed by atoms with Crippen LogP contribution in [-0.4, -0.2) is 48.6 Å². The third-order valence-corrected chi connectivity index (χ3v) is 11.2. The van der Waals surface area contributed by atoms with Crippen LogP contribution < -0.4 is 4.31 Å². The number of nitrogens with zero attached hydrogens (tertiary/aromatic N) is 1. The van der Waals surface area contributed by atoms with Crippen LogP contribution in [0.15, 0.2) is 58.3 Å². The molecule has 1 saturated heterocycles. The third kappa shape index (κ3) is 3.23. The molecule has 0 spiro atoms. The van der Waals surface area contributed by atoms with Gasteiger partial charge in [0.15, 0.2) is 19.7 Å². The Labute approximate surface area is 164 Å². The highest BCUT2D eigenvalue weighted by atomic mass is 32.2. The summed E-state index contributed by atoms with van der Waals surface area (Å²) >= 11 is 0. The fourth-order valence-electron chi connectivity index (χ4n) is 3.69. The zero-order valence-corrected chi connectivity index (χ0v) is 17.3. The summed E-state index contributed by atoms with van der Waals surface area (Å²) in [6.07, 6.45) is 0.620. The minimum atomic E-state index is -3.94. The van der Waals surface area contributed by atoms with Gasteiger partial charge in [0.25, 0.3) is 10.0 Å². The number of anilines is 1. The summed E-state index contributed by atoms with van der Waals surface area (Å²) in [5.74, 6) is -0.592. The molecule has 7 nitrogen and oxygen atoms in total. The van der Waals surface area contributed by atoms with Crippen molar-refractivity contribution in [3.63, 3.8) is 0 Å². The zero-order chi connectivity index (χ0) is 20.2. The topological polar surface area (TPSA) is 106 Å². The zero-order valence-electron chi connectivity index (χ0n) is 14.9. The highest BCUT2D eigenvalue weighted by molar-refractivity contribution is 7.96. The fraction of sp³-hybridized carbons (Fsp3) is 0.333. The molecule has 2 aliphatic rings. The van der Waals surface area contributed by atoms with Crippen molar-refractivity contribution in [3.05, 3.63) is 54.1 Å². The second-order valence-corrected chi connectivity index (χ2v) is 13.3. The van der Waals surface area contributed by atoms with Crippen LogP contribution in [0.5, 0.6) is 0 Å². The maximum Gasteiger partial charge on any atom is 0.264 e. The van der Waals surface area contributed by atoms with E-state index >= 15 is 0 Å². The van der Waals surface area contributed by atoms with Crippen LogP contribution in [-0.2, 0) is 36.1 Å². The van der Waals surface area contributed by atoms with E-state index in [4.69, 9.17) is 0 Å². The number of sulfone groups is 2. The SMILES string of the molecule is O=S1(=O)CC[C@@H](S(=O)(=O)c2cccc(S(=O)(=O)N3CCc4ccccc43)c2)C1. The summed E-state index contributed by atoms with van der Waals surface area (Å²) in [7, 11) is -11.2. The lowest BCUT2D eigenvalue weighted by Gasteiger charge is -2.20. The van der Waals surface area contributed by atoms with E-state index in [0.29, 0.717) is 18.7 Å². The molecule has 0 aromatic heterocycles. The molecule has 0 radical (unpaired) electrons. The molecule has 0 aliphatic carbocycles. The largest absolute Gasteiger partial charge is 0.266 e. The molecular weight excluding hydrogens is 422 g/mol. The average molecular weight is 442 g/mol. The number of para-hydroxylation sites is 1. The molecule has 2 aromatic rings. The van der Waals surface area contributed by atoms with Gasteiger partial charge in [-0.2, -0.15) is 0 Å². The summed E-state index contributed by atoms with van der Waals surface area (Å²) in [4.78, 5) is -0.283. The van der Waals surface area contributed by atoms with Crippen molar-refractivity contribution < 1.29 is 25.3 Å². The molecule has 0 saturated carbocycles. The number of fused-ring (bicyclic) bond motifs is 1. The predicted molar refractivity (Wildman–Crippen MR) is 105 cm³/mol. The Balaban J connectivity index is 1.72. The van der Waals surface area contributed by atoms with E-state index < -0.39 is 40.7 Å². The van der Waals surface area contributed by atoms with E-state index in [9.17, 15) is 25.3 Å². The van der Waals surface area contributed by atoms with Crippen molar-refractivity contribution in [1.82, 2.24) is 0 Å². The first-order chi connectivity index (χ1) is 13.1. The van der Waals surface area contributed by atoms with Crippen molar-refractivity contribution in [2.75, 3.05) is 22.4 Å². The maximum absolute atomic E-state index is 13.1. The molecule has 0 bridgehead atoms. The Kier molecular flexibility index (Phi) is 4.55. The highest BCUT2D eigenvalue weighted by Crippen LogP contribution is 2.34. The molecule has 0 unspecified atom stereocenters. The first-order valence-electron chi connectivity index (χ1n) is 8.76. The van der Waals surface area contributed by atoms with E-state index in [-0.39, 0.29) is 22.0 Å². The van der Waals surface area contributed by atoms with Gasteiger partial charge < -0.3 is 0 Å². The van der Waals surface area contributed by atoms with Gasteiger partial charge in [-0.3, -0.25) is 4.31 Å². The van der Waals surface area contributed by atoms with Gasteiger partial charge in [-0.25, -0.2) is 25.3 Å². The molecule has 10 heteroatoms. The molecule has 1 atom stereocenters. The lowest BCUT2D eigenvalue weighted by atomic mass is 10.2. The summed E-state index contributed by atoms with van der Waals surface area (Å²) in [5.41, 5.74) is 1.52. The van der Waals surface area contributed by atoms with Gasteiger partial charge in [0.05, 0.1) is 32.2 Å². The number of rotatable bonds is 4. The van der Waals surface area contributed by atoms with E-state index in [0.717, 1.165) is 11.6 Å². The summed E-state index contributed by atoms with van der Waals surface area (Å²) in [5, 5.41) is -1.04. The van der Waals surface area contributed by atoms with E-state index in [1.807, 2.05) is 12.1 Å². The van der Waals surface area contributed by atoms with Crippen LogP contribution in [0.4, 0.5) is 5.69 Å². The summed E-state index contributed by atoms with van der Waals surface area (Å²) in [6, 6.07) is 12.4. The lowest BCUT2D eigenvalue weighted by molar-refractivity contribution is 0.581. The van der Waals surface area contributed by atoms with Crippen LogP contribution in [0.1, 0.15) is 12.0 Å². The highest BCUT2D eigenvalue weighted by Gasteiger charge is 2.39. The Morgan fingerprint density at radius 3 is 2.36 bits per heavy atom. The number of benzene rings is 2. The Bertz CT molecular complexity index is 1250. The van der Waals surface area contributed by atoms with Crippen LogP contribution in [0.25, 0.3) is 0 Å². The molecule has 0 amide bonds. The third-order valence-electron chi connectivity index (χ3n) is 5.20. The molecule has 2 heterocycles. The fourth-order valence-corrected chi connectivity index (χ4v) is 9.72. The van der Waals surface area contributed by atoms with Crippen molar-refractivity contribution in [2.45, 2.75) is 27.9 Å². The Morgan fingerprint density at radius 1 is 0.929 bits per heavy atom. The predicted octanol–water partition coefficient (Wildman–Crippen LogP) is 1.40. The molecule has 2 aliphatic heterocycles. The van der Waals surface area contributed by atoms with Gasteiger partial charge in [-0.15, -0.1) is 0 Å². The van der Waals surface area contributed by atoms with Crippen LogP contribution in [0.3, 0.4) is 0 Å². The number of hydrogen-bond acceptors (Lipinski definition) is 6. The van der Waals surface area contributed by atoms with Gasteiger partial charge in [0.1, 0.15) is 0 Å². The van der Waals surface area contributed by atoms with E-state index in [2.05, 4.69) is 0 Å². The van der Waals surface area contributed by atoms with Gasteiger partial charge in [-0.05, 0) is 42.7 Å². The number of hydrogen-bond donors (Lipinski definition) is 0. The quantitative estimate of drug-likeness (QED) is 0.710. The smallest absolute Gasteiger partial charge is 0.264 e. The Morgan fingerprint density at radius 2 is 1.64 bits per heavy atom. The minimum absolute atomic E-state index is 0.0289. The van der Waals surface area contributed by atoms with Gasteiger partial charge in [0.2, 0.25) is 0 Å². The van der Waals surface area contributed by atoms with Crippen LogP contribution in [0.2, 0.25) is 0 Å². The maximum atomic E-state index is 13.1. The molecule has 28 heavy (non-hydrogen) atoms. The first kappa shape index (κ1) is 19.4. The second-order valence-electron chi connectivity index (χ2n) is 7.00. The average Bonchev–Trinajstić information content (AvgIpc) is 3.25. The van der Waals surface area contributed by atoms with Crippen molar-refractivity contribution in [2.24, 2.45) is 0 Å². The van der Waals surface area contributed by atoms with Crippen LogP contribution in [0, 0.1) is 0 Å². The molecule has 2 aromatic carbocycles. The summed E-state index contributed by atoms with van der Waals surface area (Å²) in [6.45, 7) is 0.291. The van der Waals surface area contributed by atoms with Crippen LogP contribution >= 0.6 is 0 Å². The van der Waals surface area contributed by atoms with Gasteiger partial charge in [-0.1, -0.05) is 24.3 Å². The minimum Gasteiger partial charge on any atom is -0.266 e. The van der Waals surface area contributed by atoms with Crippen molar-refractivity contribution in [1.29, 1.82) is 0 Å². The Hall–Kier alpha value is -1.91. The monoisotopic (exact) mass is 441 g/mol. The molecule has 4 rings (SSSR count). The van der Waals surface area contributed by atoms with Gasteiger partial charge in [0, 0.05) is 6.54 Å². The molecule has 0 N–H and O–H groups in total. The van der Waals surface area contributed by atoms with Crippen molar-refractivity contribution in [3.8, 4) is 0 Å². The molecule has 150 valence electrons. The summed E-state index contributed by atoms with van der Waals surface area (Å²) < 4.78 is 76.6. The van der Waals surface area contributed by atoms with E-state index in [1.54, 1.807) is 12.1 Å². The van der Waals surface area contributed by atoms with E-state index in [1.165, 1.54) is 22.5 Å².